The average molecular weight is 308 g/mol. The Bertz CT molecular complexity index is 456. The summed E-state index contributed by atoms with van der Waals surface area (Å²) in [5.41, 5.74) is 0. The molecular formula is C11H20N2O6S. The lowest BCUT2D eigenvalue weighted by molar-refractivity contribution is -0.136. The first-order valence-corrected chi connectivity index (χ1v) is 7.98. The lowest BCUT2D eigenvalue weighted by Crippen LogP contribution is -2.49. The van der Waals surface area contributed by atoms with Crippen LogP contribution in [0.1, 0.15) is 26.7 Å². The molecule has 1 aliphatic heterocycles. The van der Waals surface area contributed by atoms with Crippen molar-refractivity contribution in [2.24, 2.45) is 0 Å². The SMILES string of the molecule is CCOC(=O)N1CCC(NS(=O)(=O)C(C)C(=O)O)CC1. The monoisotopic (exact) mass is 308 g/mol. The van der Waals surface area contributed by atoms with Gasteiger partial charge in [-0.15, -0.1) is 0 Å². The number of carboxylic acid groups (broad SMARTS) is 1. The van der Waals surface area contributed by atoms with E-state index in [4.69, 9.17) is 9.84 Å². The number of piperidine rings is 1. The molecule has 8 nitrogen and oxygen atoms in total. The third-order valence-electron chi connectivity index (χ3n) is 3.17. The molecule has 0 saturated carbocycles. The summed E-state index contributed by atoms with van der Waals surface area (Å²) in [5.74, 6) is -1.39. The van der Waals surface area contributed by atoms with Gasteiger partial charge in [0.1, 0.15) is 0 Å². The second kappa shape index (κ2) is 6.89. The number of rotatable bonds is 5. The summed E-state index contributed by atoms with van der Waals surface area (Å²) in [6.45, 7) is 3.90. The summed E-state index contributed by atoms with van der Waals surface area (Å²) in [5, 5.41) is 7.24. The number of nitrogens with zero attached hydrogens (tertiary/aromatic N) is 1. The van der Waals surface area contributed by atoms with Gasteiger partial charge in [0.15, 0.2) is 5.25 Å². The zero-order chi connectivity index (χ0) is 15.3. The van der Waals surface area contributed by atoms with E-state index in [0.717, 1.165) is 6.92 Å². The Morgan fingerprint density at radius 1 is 1.40 bits per heavy atom. The highest BCUT2D eigenvalue weighted by atomic mass is 32.2. The minimum Gasteiger partial charge on any atom is -0.480 e. The fraction of sp³-hybridized carbons (Fsp3) is 0.818. The van der Waals surface area contributed by atoms with E-state index >= 15 is 0 Å². The van der Waals surface area contributed by atoms with Crippen LogP contribution < -0.4 is 4.72 Å². The average Bonchev–Trinajstić information content (AvgIpc) is 2.38. The molecule has 1 unspecified atom stereocenters. The normalized spacial score (nSPS) is 18.6. The Morgan fingerprint density at radius 2 is 1.95 bits per heavy atom. The molecule has 20 heavy (non-hydrogen) atoms. The van der Waals surface area contributed by atoms with E-state index in [9.17, 15) is 18.0 Å². The summed E-state index contributed by atoms with van der Waals surface area (Å²) in [7, 11) is -3.89. The van der Waals surface area contributed by atoms with Crippen molar-refractivity contribution >= 4 is 22.1 Å². The molecule has 1 saturated heterocycles. The summed E-state index contributed by atoms with van der Waals surface area (Å²) in [6, 6.07) is -0.354. The molecule has 116 valence electrons. The number of carboxylic acids is 1. The number of carbonyl (C=O) groups is 2. The van der Waals surface area contributed by atoms with E-state index in [-0.39, 0.29) is 6.04 Å². The van der Waals surface area contributed by atoms with Crippen LogP contribution in [0, 0.1) is 0 Å². The molecule has 1 aliphatic rings. The number of nitrogens with one attached hydrogen (secondary N) is 1. The lowest BCUT2D eigenvalue weighted by atomic mass is 10.1. The molecule has 1 rings (SSSR count). The van der Waals surface area contributed by atoms with E-state index in [1.807, 2.05) is 0 Å². The van der Waals surface area contributed by atoms with Crippen LogP contribution in [0.2, 0.25) is 0 Å². The van der Waals surface area contributed by atoms with Crippen molar-refractivity contribution < 1.29 is 27.9 Å². The minimum absolute atomic E-state index is 0.293. The highest BCUT2D eigenvalue weighted by Crippen LogP contribution is 2.13. The summed E-state index contributed by atoms with van der Waals surface area (Å²) in [4.78, 5) is 23.7. The molecular weight excluding hydrogens is 288 g/mol. The van der Waals surface area contributed by atoms with Crippen LogP contribution >= 0.6 is 0 Å². The van der Waals surface area contributed by atoms with Crippen molar-refractivity contribution in [3.63, 3.8) is 0 Å². The fourth-order valence-corrected chi connectivity index (χ4v) is 3.03. The van der Waals surface area contributed by atoms with E-state index in [2.05, 4.69) is 4.72 Å². The molecule has 1 heterocycles. The van der Waals surface area contributed by atoms with Gasteiger partial charge in [-0.3, -0.25) is 4.79 Å². The maximum atomic E-state index is 11.8. The molecule has 0 spiro atoms. The first kappa shape index (κ1) is 16.7. The van der Waals surface area contributed by atoms with Gasteiger partial charge >= 0.3 is 12.1 Å². The first-order valence-electron chi connectivity index (χ1n) is 6.43. The van der Waals surface area contributed by atoms with Crippen LogP contribution in [0.25, 0.3) is 0 Å². The Morgan fingerprint density at radius 3 is 2.40 bits per heavy atom. The quantitative estimate of drug-likeness (QED) is 0.739. The van der Waals surface area contributed by atoms with Crippen molar-refractivity contribution in [2.75, 3.05) is 19.7 Å². The van der Waals surface area contributed by atoms with Crippen LogP contribution in [0.4, 0.5) is 4.79 Å². The molecule has 9 heteroatoms. The van der Waals surface area contributed by atoms with Gasteiger partial charge in [-0.2, -0.15) is 0 Å². The zero-order valence-corrected chi connectivity index (χ0v) is 12.4. The molecule has 0 aromatic carbocycles. The molecule has 0 aliphatic carbocycles. The third-order valence-corrected chi connectivity index (χ3v) is 4.96. The fourth-order valence-electron chi connectivity index (χ4n) is 1.86. The van der Waals surface area contributed by atoms with E-state index < -0.39 is 27.3 Å². The minimum atomic E-state index is -3.89. The molecule has 2 N–H and O–H groups in total. The molecule has 0 bridgehead atoms. The van der Waals surface area contributed by atoms with Crippen LogP contribution in [-0.2, 0) is 19.6 Å². The van der Waals surface area contributed by atoms with Crippen molar-refractivity contribution in [2.45, 2.75) is 38.0 Å². The van der Waals surface area contributed by atoms with Crippen LogP contribution in [-0.4, -0.2) is 61.5 Å². The van der Waals surface area contributed by atoms with Crippen molar-refractivity contribution in [3.8, 4) is 0 Å². The third kappa shape index (κ3) is 4.34. The first-order chi connectivity index (χ1) is 9.27. The van der Waals surface area contributed by atoms with Gasteiger partial charge in [0.05, 0.1) is 6.61 Å². The van der Waals surface area contributed by atoms with Gasteiger partial charge in [0, 0.05) is 19.1 Å². The highest BCUT2D eigenvalue weighted by molar-refractivity contribution is 7.90. The summed E-state index contributed by atoms with van der Waals surface area (Å²) < 4.78 is 30.8. The molecule has 1 fully saturated rings. The number of carbonyl (C=O) groups excluding carboxylic acids is 1. The van der Waals surface area contributed by atoms with Gasteiger partial charge in [-0.25, -0.2) is 17.9 Å². The maximum Gasteiger partial charge on any atom is 0.409 e. The molecule has 1 amide bonds. The highest BCUT2D eigenvalue weighted by Gasteiger charge is 2.32. The van der Waals surface area contributed by atoms with Crippen LogP contribution in [0.3, 0.4) is 0 Å². The summed E-state index contributed by atoms with van der Waals surface area (Å²) >= 11 is 0. The van der Waals surface area contributed by atoms with Crippen LogP contribution in [0.5, 0.6) is 0 Å². The van der Waals surface area contributed by atoms with Gasteiger partial charge in [-0.05, 0) is 26.7 Å². The number of ether oxygens (including phenoxy) is 1. The Balaban J connectivity index is 2.51. The van der Waals surface area contributed by atoms with Gasteiger partial charge in [-0.1, -0.05) is 0 Å². The molecule has 0 radical (unpaired) electrons. The van der Waals surface area contributed by atoms with Gasteiger partial charge < -0.3 is 14.7 Å². The Hall–Kier alpha value is -1.35. The Kier molecular flexibility index (Phi) is 5.75. The summed E-state index contributed by atoms with van der Waals surface area (Å²) in [6.07, 6.45) is 0.460. The largest absolute Gasteiger partial charge is 0.480 e. The predicted molar refractivity (Wildman–Crippen MR) is 70.8 cm³/mol. The number of likely N-dealkylation sites (tertiary alicyclic amines) is 1. The van der Waals surface area contributed by atoms with Gasteiger partial charge in [0.25, 0.3) is 0 Å². The predicted octanol–water partition coefficient (Wildman–Crippen LogP) is -0.000200. The van der Waals surface area contributed by atoms with Crippen molar-refractivity contribution in [1.29, 1.82) is 0 Å². The molecule has 0 aromatic rings. The number of amides is 1. The standard InChI is InChI=1S/C11H20N2O6S/c1-3-19-11(16)13-6-4-9(5-7-13)12-20(17,18)8(2)10(14)15/h8-9,12H,3-7H2,1-2H3,(H,14,15). The van der Waals surface area contributed by atoms with Gasteiger partial charge in [0.2, 0.25) is 10.0 Å². The number of aliphatic carboxylic acids is 1. The number of hydrogen-bond acceptors (Lipinski definition) is 5. The number of hydrogen-bond donors (Lipinski definition) is 2. The zero-order valence-electron chi connectivity index (χ0n) is 11.5. The maximum absolute atomic E-state index is 11.8. The van der Waals surface area contributed by atoms with Crippen molar-refractivity contribution in [1.82, 2.24) is 9.62 Å². The smallest absolute Gasteiger partial charge is 0.409 e. The van der Waals surface area contributed by atoms with E-state index in [0.29, 0.717) is 32.5 Å². The second-order valence-electron chi connectivity index (χ2n) is 4.60. The van der Waals surface area contributed by atoms with E-state index in [1.54, 1.807) is 6.92 Å². The molecule has 0 aromatic heterocycles. The van der Waals surface area contributed by atoms with E-state index in [1.165, 1.54) is 4.90 Å². The van der Waals surface area contributed by atoms with Crippen LogP contribution in [0.15, 0.2) is 0 Å². The lowest BCUT2D eigenvalue weighted by Gasteiger charge is -2.31. The Labute approximate surface area is 118 Å². The second-order valence-corrected chi connectivity index (χ2v) is 6.64. The molecule has 1 atom stereocenters. The topological polar surface area (TPSA) is 113 Å². The van der Waals surface area contributed by atoms with Crippen molar-refractivity contribution in [3.05, 3.63) is 0 Å². The number of sulfonamides is 1.